The van der Waals surface area contributed by atoms with E-state index >= 15 is 0 Å². The van der Waals surface area contributed by atoms with E-state index in [1.807, 2.05) is 0 Å². The van der Waals surface area contributed by atoms with Crippen LogP contribution in [-0.2, 0) is 13.0 Å². The van der Waals surface area contributed by atoms with Crippen molar-refractivity contribution >= 4 is 27.3 Å². The second-order valence-corrected chi connectivity index (χ2v) is 6.52. The minimum atomic E-state index is 0.961. The molecule has 0 fully saturated rings. The molecule has 0 bridgehead atoms. The first-order valence-corrected chi connectivity index (χ1v) is 8.09. The largest absolute Gasteiger partial charge is 0.355 e. The molecule has 2 aromatic rings. The Hall–Kier alpha value is -1.32. The first kappa shape index (κ1) is 16.1. The Labute approximate surface area is 136 Å². The molecule has 112 valence electrons. The lowest BCUT2D eigenvalue weighted by atomic mass is 10.0. The summed E-state index contributed by atoms with van der Waals surface area (Å²) in [5, 5.41) is 3.59. The van der Waals surface area contributed by atoms with Gasteiger partial charge >= 0.3 is 0 Å². The normalized spacial score (nSPS) is 11.0. The number of hydrogen-bond donors (Lipinski definition) is 1. The van der Waals surface area contributed by atoms with Gasteiger partial charge in [-0.25, -0.2) is 0 Å². The van der Waals surface area contributed by atoms with Crippen LogP contribution in [0.3, 0.4) is 0 Å². The predicted octanol–water partition coefficient (Wildman–Crippen LogP) is 5.13. The molecule has 0 spiro atoms. The summed E-state index contributed by atoms with van der Waals surface area (Å²) in [6.45, 7) is 5.33. The Morgan fingerprint density at radius 1 is 1.05 bits per heavy atom. The molecule has 0 amide bonds. The van der Waals surface area contributed by atoms with Gasteiger partial charge < -0.3 is 10.2 Å². The summed E-state index contributed by atoms with van der Waals surface area (Å²) in [7, 11) is 4.20. The lowest BCUT2D eigenvalue weighted by molar-refractivity contribution is 0.401. The van der Waals surface area contributed by atoms with Crippen molar-refractivity contribution in [3.8, 4) is 0 Å². The van der Waals surface area contributed by atoms with Crippen molar-refractivity contribution < 1.29 is 0 Å². The molecule has 2 rings (SSSR count). The Morgan fingerprint density at radius 3 is 2.48 bits per heavy atom. The van der Waals surface area contributed by atoms with E-state index in [-0.39, 0.29) is 0 Å². The lowest BCUT2D eigenvalue weighted by Gasteiger charge is -2.18. The quantitative estimate of drug-likeness (QED) is 0.807. The minimum Gasteiger partial charge on any atom is -0.355 e. The van der Waals surface area contributed by atoms with Gasteiger partial charge in [0.25, 0.3) is 0 Å². The SMILES string of the molecule is CCc1cc(Br)ccc1Nc1cccc(CN(C)C)c1C. The zero-order valence-corrected chi connectivity index (χ0v) is 14.8. The molecule has 21 heavy (non-hydrogen) atoms. The summed E-state index contributed by atoms with van der Waals surface area (Å²) in [6, 6.07) is 12.9. The summed E-state index contributed by atoms with van der Waals surface area (Å²) in [5.74, 6) is 0. The fourth-order valence-electron chi connectivity index (χ4n) is 2.45. The Bertz CT molecular complexity index is 621. The van der Waals surface area contributed by atoms with Crippen LogP contribution in [0.2, 0.25) is 0 Å². The van der Waals surface area contributed by atoms with E-state index in [0.29, 0.717) is 0 Å². The number of nitrogens with zero attached hydrogens (tertiary/aromatic N) is 1. The van der Waals surface area contributed by atoms with Crippen LogP contribution in [0.1, 0.15) is 23.6 Å². The molecule has 0 radical (unpaired) electrons. The number of rotatable bonds is 5. The first-order chi connectivity index (χ1) is 10.0. The lowest BCUT2D eigenvalue weighted by Crippen LogP contribution is -2.12. The molecule has 0 aliphatic carbocycles. The van der Waals surface area contributed by atoms with Gasteiger partial charge in [0, 0.05) is 22.4 Å². The Morgan fingerprint density at radius 2 is 1.81 bits per heavy atom. The molecule has 0 aliphatic rings. The molecule has 1 N–H and O–H groups in total. The maximum Gasteiger partial charge on any atom is 0.0417 e. The first-order valence-electron chi connectivity index (χ1n) is 7.30. The molecule has 3 heteroatoms. The van der Waals surface area contributed by atoms with Crippen molar-refractivity contribution in [2.24, 2.45) is 0 Å². The van der Waals surface area contributed by atoms with E-state index < -0.39 is 0 Å². The molecular weight excluding hydrogens is 324 g/mol. The van der Waals surface area contributed by atoms with E-state index in [1.54, 1.807) is 0 Å². The third-order valence-corrected chi connectivity index (χ3v) is 4.14. The van der Waals surface area contributed by atoms with Crippen molar-refractivity contribution in [2.75, 3.05) is 19.4 Å². The summed E-state index contributed by atoms with van der Waals surface area (Å²) in [4.78, 5) is 2.20. The van der Waals surface area contributed by atoms with Gasteiger partial charge in [-0.2, -0.15) is 0 Å². The smallest absolute Gasteiger partial charge is 0.0417 e. The Kier molecular flexibility index (Phi) is 5.43. The number of halogens is 1. The molecule has 0 unspecified atom stereocenters. The predicted molar refractivity (Wildman–Crippen MR) is 95.4 cm³/mol. The number of aryl methyl sites for hydroxylation is 1. The van der Waals surface area contributed by atoms with Crippen LogP contribution in [0.15, 0.2) is 40.9 Å². The highest BCUT2D eigenvalue weighted by molar-refractivity contribution is 9.10. The van der Waals surface area contributed by atoms with Gasteiger partial charge in [-0.15, -0.1) is 0 Å². The molecule has 0 aliphatic heterocycles. The highest BCUT2D eigenvalue weighted by Gasteiger charge is 2.07. The van der Waals surface area contributed by atoms with Crippen LogP contribution in [0, 0.1) is 6.92 Å². The number of benzene rings is 2. The molecule has 0 saturated carbocycles. The highest BCUT2D eigenvalue weighted by Crippen LogP contribution is 2.28. The minimum absolute atomic E-state index is 0.961. The molecule has 0 saturated heterocycles. The van der Waals surface area contributed by atoms with Gasteiger partial charge in [0.1, 0.15) is 0 Å². The zero-order valence-electron chi connectivity index (χ0n) is 13.2. The van der Waals surface area contributed by atoms with Gasteiger partial charge in [-0.3, -0.25) is 0 Å². The van der Waals surface area contributed by atoms with Crippen molar-refractivity contribution in [3.05, 3.63) is 57.6 Å². The fourth-order valence-corrected chi connectivity index (χ4v) is 2.86. The third-order valence-electron chi connectivity index (χ3n) is 3.65. The molecule has 0 heterocycles. The van der Waals surface area contributed by atoms with Gasteiger partial charge in [0.15, 0.2) is 0 Å². The van der Waals surface area contributed by atoms with E-state index in [9.17, 15) is 0 Å². The number of hydrogen-bond acceptors (Lipinski definition) is 2. The zero-order chi connectivity index (χ0) is 15.4. The van der Waals surface area contributed by atoms with Crippen molar-refractivity contribution in [1.29, 1.82) is 0 Å². The average molecular weight is 347 g/mol. The maximum absolute atomic E-state index is 3.59. The van der Waals surface area contributed by atoms with E-state index in [2.05, 4.69) is 90.5 Å². The molecule has 2 nitrogen and oxygen atoms in total. The van der Waals surface area contributed by atoms with E-state index in [4.69, 9.17) is 0 Å². The van der Waals surface area contributed by atoms with Gasteiger partial charge in [0.05, 0.1) is 0 Å². The van der Waals surface area contributed by atoms with E-state index in [0.717, 1.165) is 17.4 Å². The van der Waals surface area contributed by atoms with Crippen LogP contribution in [0.25, 0.3) is 0 Å². The van der Waals surface area contributed by atoms with E-state index in [1.165, 1.54) is 28.1 Å². The fraction of sp³-hybridized carbons (Fsp3) is 0.333. The van der Waals surface area contributed by atoms with Crippen LogP contribution in [-0.4, -0.2) is 19.0 Å². The standard InChI is InChI=1S/C18H23BrN2/c1-5-14-11-16(19)9-10-18(14)20-17-8-6-7-15(13(17)2)12-21(3)4/h6-11,20H,5,12H2,1-4H3. The summed E-state index contributed by atoms with van der Waals surface area (Å²) in [5.41, 5.74) is 6.37. The molecule has 0 atom stereocenters. The number of anilines is 2. The summed E-state index contributed by atoms with van der Waals surface area (Å²) < 4.78 is 1.13. The topological polar surface area (TPSA) is 15.3 Å². The summed E-state index contributed by atoms with van der Waals surface area (Å²) >= 11 is 3.54. The van der Waals surface area contributed by atoms with Crippen molar-refractivity contribution in [1.82, 2.24) is 4.90 Å². The van der Waals surface area contributed by atoms with Crippen LogP contribution >= 0.6 is 15.9 Å². The molecule has 0 aromatic heterocycles. The average Bonchev–Trinajstić information content (AvgIpc) is 2.44. The van der Waals surface area contributed by atoms with Crippen LogP contribution in [0.4, 0.5) is 11.4 Å². The monoisotopic (exact) mass is 346 g/mol. The van der Waals surface area contributed by atoms with Crippen LogP contribution in [0.5, 0.6) is 0 Å². The second-order valence-electron chi connectivity index (χ2n) is 5.61. The highest BCUT2D eigenvalue weighted by atomic mass is 79.9. The molecular formula is C18H23BrN2. The van der Waals surface area contributed by atoms with Crippen molar-refractivity contribution in [3.63, 3.8) is 0 Å². The number of nitrogens with one attached hydrogen (secondary N) is 1. The Balaban J connectivity index is 2.32. The van der Waals surface area contributed by atoms with Gasteiger partial charge in [0.2, 0.25) is 0 Å². The van der Waals surface area contributed by atoms with Crippen LogP contribution < -0.4 is 5.32 Å². The second kappa shape index (κ2) is 7.10. The van der Waals surface area contributed by atoms with Gasteiger partial charge in [-0.1, -0.05) is 35.0 Å². The molecule has 2 aromatic carbocycles. The maximum atomic E-state index is 3.59. The van der Waals surface area contributed by atoms with Crippen molar-refractivity contribution in [2.45, 2.75) is 26.8 Å². The summed E-state index contributed by atoms with van der Waals surface area (Å²) in [6.07, 6.45) is 1.01. The van der Waals surface area contributed by atoms with Gasteiger partial charge in [-0.05, 0) is 68.4 Å². The third kappa shape index (κ3) is 4.08.